The fourth-order valence-electron chi connectivity index (χ4n) is 1.57. The Morgan fingerprint density at radius 3 is 2.50 bits per heavy atom. The van der Waals surface area contributed by atoms with Crippen LogP contribution in [0.3, 0.4) is 0 Å². The van der Waals surface area contributed by atoms with Crippen LogP contribution in [-0.4, -0.2) is 13.2 Å². The molecule has 20 heavy (non-hydrogen) atoms. The third kappa shape index (κ3) is 4.29. The largest absolute Gasteiger partial charge is 0.490 e. The number of halogens is 4. The summed E-state index contributed by atoms with van der Waals surface area (Å²) >= 11 is 18.9. The highest BCUT2D eigenvalue weighted by molar-refractivity contribution is 9.11. The Kier molecular flexibility index (Phi) is 6.02. The Bertz CT molecular complexity index is 608. The standard InChI is InChI=1S/C14H11Br2Cl2NO/c15-9-3-1-2-4-13(9)19-5-6-20-14-8-11(17)10(16)7-12(14)18/h1-4,7-8,19H,5-6H2. The Morgan fingerprint density at radius 2 is 1.75 bits per heavy atom. The summed E-state index contributed by atoms with van der Waals surface area (Å²) in [5.74, 6) is 0.578. The van der Waals surface area contributed by atoms with Gasteiger partial charge < -0.3 is 10.1 Å². The number of benzene rings is 2. The number of hydrogen-bond donors (Lipinski definition) is 1. The molecule has 0 aliphatic rings. The van der Waals surface area contributed by atoms with Gasteiger partial charge in [-0.25, -0.2) is 0 Å². The van der Waals surface area contributed by atoms with Crippen molar-refractivity contribution in [3.63, 3.8) is 0 Å². The molecule has 0 aliphatic heterocycles. The number of ether oxygens (including phenoxy) is 1. The minimum absolute atomic E-state index is 0.485. The first kappa shape index (κ1) is 16.0. The average molecular weight is 440 g/mol. The summed E-state index contributed by atoms with van der Waals surface area (Å²) in [4.78, 5) is 0. The number of hydrogen-bond acceptors (Lipinski definition) is 2. The first-order valence-corrected chi connectivity index (χ1v) is 8.18. The molecule has 0 aliphatic carbocycles. The fourth-order valence-corrected chi connectivity index (χ4v) is 2.84. The third-order valence-corrected chi connectivity index (χ3v) is 4.71. The molecule has 0 saturated carbocycles. The van der Waals surface area contributed by atoms with Crippen molar-refractivity contribution in [2.45, 2.75) is 0 Å². The lowest BCUT2D eigenvalue weighted by Gasteiger charge is -2.11. The van der Waals surface area contributed by atoms with Crippen LogP contribution >= 0.6 is 55.1 Å². The van der Waals surface area contributed by atoms with Crippen molar-refractivity contribution in [1.82, 2.24) is 0 Å². The van der Waals surface area contributed by atoms with Crippen LogP contribution in [0.2, 0.25) is 10.0 Å². The maximum atomic E-state index is 6.08. The van der Waals surface area contributed by atoms with E-state index in [0.29, 0.717) is 28.9 Å². The fraction of sp³-hybridized carbons (Fsp3) is 0.143. The number of para-hydroxylation sites is 1. The zero-order valence-corrected chi connectivity index (χ0v) is 15.0. The Morgan fingerprint density at radius 1 is 1.00 bits per heavy atom. The van der Waals surface area contributed by atoms with Gasteiger partial charge in [0.2, 0.25) is 0 Å². The topological polar surface area (TPSA) is 21.3 Å². The second kappa shape index (κ2) is 7.55. The van der Waals surface area contributed by atoms with Crippen molar-refractivity contribution in [3.8, 4) is 5.75 Å². The highest BCUT2D eigenvalue weighted by Gasteiger charge is 2.06. The van der Waals surface area contributed by atoms with Gasteiger partial charge in [0.15, 0.2) is 0 Å². The van der Waals surface area contributed by atoms with Gasteiger partial charge in [0.1, 0.15) is 12.4 Å². The Hall–Kier alpha value is -0.420. The molecule has 0 saturated heterocycles. The molecule has 0 heterocycles. The molecule has 0 unspecified atom stereocenters. The van der Waals surface area contributed by atoms with Crippen LogP contribution < -0.4 is 10.1 Å². The molecule has 0 fully saturated rings. The van der Waals surface area contributed by atoms with E-state index in [-0.39, 0.29) is 0 Å². The Labute approximate surface area is 144 Å². The van der Waals surface area contributed by atoms with Crippen LogP contribution in [0.5, 0.6) is 5.75 Å². The van der Waals surface area contributed by atoms with Gasteiger partial charge in [0, 0.05) is 27.2 Å². The molecule has 0 bridgehead atoms. The zero-order chi connectivity index (χ0) is 14.5. The van der Waals surface area contributed by atoms with E-state index in [9.17, 15) is 0 Å². The molecular formula is C14H11Br2Cl2NO. The van der Waals surface area contributed by atoms with Gasteiger partial charge in [0.25, 0.3) is 0 Å². The molecule has 2 rings (SSSR count). The van der Waals surface area contributed by atoms with Gasteiger partial charge in [-0.2, -0.15) is 0 Å². The van der Waals surface area contributed by atoms with Crippen LogP contribution in [0.1, 0.15) is 0 Å². The monoisotopic (exact) mass is 437 g/mol. The van der Waals surface area contributed by atoms with Crippen molar-refractivity contribution < 1.29 is 4.74 Å². The summed E-state index contributed by atoms with van der Waals surface area (Å²) in [6.07, 6.45) is 0. The predicted molar refractivity (Wildman–Crippen MR) is 92.3 cm³/mol. The maximum absolute atomic E-state index is 6.08. The summed E-state index contributed by atoms with van der Waals surface area (Å²) in [5, 5.41) is 4.37. The van der Waals surface area contributed by atoms with E-state index in [2.05, 4.69) is 37.2 Å². The molecule has 106 valence electrons. The lowest BCUT2D eigenvalue weighted by atomic mass is 10.3. The molecular weight excluding hydrogens is 429 g/mol. The smallest absolute Gasteiger partial charge is 0.139 e. The maximum Gasteiger partial charge on any atom is 0.139 e. The molecule has 0 radical (unpaired) electrons. The number of rotatable bonds is 5. The van der Waals surface area contributed by atoms with E-state index in [1.807, 2.05) is 24.3 Å². The minimum atomic E-state index is 0.485. The van der Waals surface area contributed by atoms with E-state index in [1.54, 1.807) is 12.1 Å². The van der Waals surface area contributed by atoms with Gasteiger partial charge in [-0.05, 0) is 50.1 Å². The van der Waals surface area contributed by atoms with Gasteiger partial charge in [0.05, 0.1) is 10.0 Å². The molecule has 2 aromatic rings. The van der Waals surface area contributed by atoms with E-state index in [0.717, 1.165) is 14.6 Å². The SMILES string of the molecule is Clc1cc(OCCNc2ccccc2Br)c(Cl)cc1Br. The molecule has 0 spiro atoms. The van der Waals surface area contributed by atoms with Crippen molar-refractivity contribution in [2.24, 2.45) is 0 Å². The van der Waals surface area contributed by atoms with E-state index in [1.165, 1.54) is 0 Å². The van der Waals surface area contributed by atoms with Gasteiger partial charge in [-0.15, -0.1) is 0 Å². The first-order valence-electron chi connectivity index (χ1n) is 5.83. The van der Waals surface area contributed by atoms with E-state index >= 15 is 0 Å². The van der Waals surface area contributed by atoms with Crippen LogP contribution in [0.4, 0.5) is 5.69 Å². The summed E-state index contributed by atoms with van der Waals surface area (Å²) < 4.78 is 7.39. The first-order chi connectivity index (χ1) is 9.58. The number of anilines is 1. The summed E-state index contributed by atoms with van der Waals surface area (Å²) in [6.45, 7) is 1.14. The Balaban J connectivity index is 1.88. The van der Waals surface area contributed by atoms with Crippen LogP contribution in [0, 0.1) is 0 Å². The summed E-state index contributed by atoms with van der Waals surface area (Å²) in [7, 11) is 0. The second-order valence-corrected chi connectivity index (χ2v) is 6.47. The predicted octanol–water partition coefficient (Wildman–Crippen LogP) is 6.01. The molecule has 0 aromatic heterocycles. The molecule has 0 atom stereocenters. The second-order valence-electron chi connectivity index (χ2n) is 3.95. The third-order valence-electron chi connectivity index (χ3n) is 2.52. The number of nitrogens with one attached hydrogen (secondary N) is 1. The van der Waals surface area contributed by atoms with E-state index in [4.69, 9.17) is 27.9 Å². The molecule has 2 aromatic carbocycles. The highest BCUT2D eigenvalue weighted by Crippen LogP contribution is 2.34. The van der Waals surface area contributed by atoms with Crippen LogP contribution in [-0.2, 0) is 0 Å². The normalized spacial score (nSPS) is 10.4. The van der Waals surface area contributed by atoms with Crippen molar-refractivity contribution >= 4 is 60.7 Å². The summed E-state index contributed by atoms with van der Waals surface area (Å²) in [5.41, 5.74) is 1.02. The zero-order valence-electron chi connectivity index (χ0n) is 10.3. The van der Waals surface area contributed by atoms with Crippen LogP contribution in [0.15, 0.2) is 45.3 Å². The van der Waals surface area contributed by atoms with Gasteiger partial charge in [-0.3, -0.25) is 0 Å². The molecule has 2 nitrogen and oxygen atoms in total. The lowest BCUT2D eigenvalue weighted by molar-refractivity contribution is 0.333. The molecule has 1 N–H and O–H groups in total. The minimum Gasteiger partial charge on any atom is -0.490 e. The summed E-state index contributed by atoms with van der Waals surface area (Å²) in [6, 6.07) is 11.3. The van der Waals surface area contributed by atoms with Crippen molar-refractivity contribution in [3.05, 3.63) is 55.4 Å². The van der Waals surface area contributed by atoms with Gasteiger partial charge >= 0.3 is 0 Å². The molecule has 6 heteroatoms. The quantitative estimate of drug-likeness (QED) is 0.455. The van der Waals surface area contributed by atoms with Crippen molar-refractivity contribution in [1.29, 1.82) is 0 Å². The van der Waals surface area contributed by atoms with Gasteiger partial charge in [-0.1, -0.05) is 35.3 Å². The van der Waals surface area contributed by atoms with E-state index < -0.39 is 0 Å². The highest BCUT2D eigenvalue weighted by atomic mass is 79.9. The van der Waals surface area contributed by atoms with Crippen molar-refractivity contribution in [2.75, 3.05) is 18.5 Å². The average Bonchev–Trinajstić information content (AvgIpc) is 2.42. The lowest BCUT2D eigenvalue weighted by Crippen LogP contribution is -2.11. The van der Waals surface area contributed by atoms with Crippen LogP contribution in [0.25, 0.3) is 0 Å². The molecule has 0 amide bonds.